The maximum absolute atomic E-state index is 11.2. The largest absolute Gasteiger partial charge is 0.292 e. The van der Waals surface area contributed by atoms with E-state index in [-0.39, 0.29) is 11.7 Å². The number of rotatable bonds is 2. The molecular weight excluding hydrogens is 140 g/mol. The first-order valence-electron chi connectivity index (χ1n) is 3.45. The SMILES string of the molecule is CC(C)C(=O)c1ccn[c]n1. The summed E-state index contributed by atoms with van der Waals surface area (Å²) >= 11 is 0. The number of Topliss-reactive ketones (excluding diaryl/α,β-unsaturated/α-hetero) is 1. The first-order chi connectivity index (χ1) is 5.22. The molecule has 1 aromatic rings. The smallest absolute Gasteiger partial charge is 0.198 e. The van der Waals surface area contributed by atoms with Gasteiger partial charge in [0.05, 0.1) is 0 Å². The zero-order valence-electron chi connectivity index (χ0n) is 6.53. The Morgan fingerprint density at radius 2 is 2.36 bits per heavy atom. The second kappa shape index (κ2) is 3.23. The normalized spacial score (nSPS) is 10.1. The Bertz CT molecular complexity index is 244. The van der Waals surface area contributed by atoms with Crippen molar-refractivity contribution in [2.75, 3.05) is 0 Å². The summed E-state index contributed by atoms with van der Waals surface area (Å²) in [5, 5.41) is 0. The molecule has 0 unspecified atom stereocenters. The monoisotopic (exact) mass is 149 g/mol. The minimum Gasteiger partial charge on any atom is -0.292 e. The molecule has 0 aliphatic rings. The lowest BCUT2D eigenvalue weighted by Gasteiger charge is -2.00. The lowest BCUT2D eigenvalue weighted by molar-refractivity contribution is 0.0934. The summed E-state index contributed by atoms with van der Waals surface area (Å²) in [6.45, 7) is 3.68. The maximum atomic E-state index is 11.2. The highest BCUT2D eigenvalue weighted by atomic mass is 16.1. The third-order valence-corrected chi connectivity index (χ3v) is 1.31. The van der Waals surface area contributed by atoms with Crippen molar-refractivity contribution in [3.63, 3.8) is 0 Å². The molecule has 0 fully saturated rings. The zero-order valence-corrected chi connectivity index (χ0v) is 6.53. The van der Waals surface area contributed by atoms with Crippen LogP contribution in [0.3, 0.4) is 0 Å². The average molecular weight is 149 g/mol. The highest BCUT2D eigenvalue weighted by molar-refractivity contribution is 5.95. The molecule has 3 nitrogen and oxygen atoms in total. The molecule has 0 spiro atoms. The molecule has 0 saturated heterocycles. The summed E-state index contributed by atoms with van der Waals surface area (Å²) in [6, 6.07) is 1.60. The minimum atomic E-state index is -0.0155. The van der Waals surface area contributed by atoms with E-state index in [4.69, 9.17) is 0 Å². The molecule has 1 rings (SSSR count). The van der Waals surface area contributed by atoms with Crippen LogP contribution in [0, 0.1) is 12.2 Å². The molecule has 0 amide bonds. The van der Waals surface area contributed by atoms with E-state index < -0.39 is 0 Å². The van der Waals surface area contributed by atoms with E-state index in [0.717, 1.165) is 0 Å². The van der Waals surface area contributed by atoms with Crippen LogP contribution in [0.25, 0.3) is 0 Å². The minimum absolute atomic E-state index is 0.0155. The van der Waals surface area contributed by atoms with E-state index in [1.165, 1.54) is 6.20 Å². The first kappa shape index (κ1) is 7.85. The first-order valence-corrected chi connectivity index (χ1v) is 3.45. The fraction of sp³-hybridized carbons (Fsp3) is 0.375. The van der Waals surface area contributed by atoms with Gasteiger partial charge in [-0.1, -0.05) is 13.8 Å². The Kier molecular flexibility index (Phi) is 2.31. The summed E-state index contributed by atoms with van der Waals surface area (Å²) in [5.74, 6) is 0.0157. The van der Waals surface area contributed by atoms with Gasteiger partial charge in [-0.25, -0.2) is 9.97 Å². The van der Waals surface area contributed by atoms with Crippen LogP contribution in [-0.4, -0.2) is 15.8 Å². The summed E-state index contributed by atoms with van der Waals surface area (Å²) in [7, 11) is 0. The lowest BCUT2D eigenvalue weighted by atomic mass is 10.1. The van der Waals surface area contributed by atoms with E-state index in [2.05, 4.69) is 16.3 Å². The predicted octanol–water partition coefficient (Wildman–Crippen LogP) is 1.12. The maximum Gasteiger partial charge on any atom is 0.198 e. The molecule has 0 atom stereocenters. The van der Waals surface area contributed by atoms with Crippen molar-refractivity contribution in [3.8, 4) is 0 Å². The predicted molar refractivity (Wildman–Crippen MR) is 40.0 cm³/mol. The Hall–Kier alpha value is -1.25. The van der Waals surface area contributed by atoms with Gasteiger partial charge in [0, 0.05) is 12.1 Å². The van der Waals surface area contributed by atoms with Gasteiger partial charge in [-0.15, -0.1) is 0 Å². The molecule has 11 heavy (non-hydrogen) atoms. The number of nitrogens with zero attached hydrogens (tertiary/aromatic N) is 2. The van der Waals surface area contributed by atoms with Gasteiger partial charge in [0.15, 0.2) is 12.1 Å². The van der Waals surface area contributed by atoms with Gasteiger partial charge >= 0.3 is 0 Å². The quantitative estimate of drug-likeness (QED) is 0.591. The highest BCUT2D eigenvalue weighted by Crippen LogP contribution is 2.02. The van der Waals surface area contributed by atoms with Crippen LogP contribution in [0.4, 0.5) is 0 Å². The number of hydrogen-bond donors (Lipinski definition) is 0. The molecule has 0 saturated carbocycles. The molecular formula is C8H9N2O. The summed E-state index contributed by atoms with van der Waals surface area (Å²) in [4.78, 5) is 18.5. The van der Waals surface area contributed by atoms with Crippen molar-refractivity contribution in [3.05, 3.63) is 24.3 Å². The van der Waals surface area contributed by atoms with E-state index in [9.17, 15) is 4.79 Å². The Labute approximate surface area is 65.5 Å². The average Bonchev–Trinajstić information content (AvgIpc) is 2.05. The van der Waals surface area contributed by atoms with Crippen LogP contribution in [0.2, 0.25) is 0 Å². The van der Waals surface area contributed by atoms with Crippen molar-refractivity contribution in [1.82, 2.24) is 9.97 Å². The van der Waals surface area contributed by atoms with Gasteiger partial charge in [-0.2, -0.15) is 0 Å². The highest BCUT2D eigenvalue weighted by Gasteiger charge is 2.10. The second-order valence-corrected chi connectivity index (χ2v) is 2.56. The summed E-state index contributed by atoms with van der Waals surface area (Å²) < 4.78 is 0. The topological polar surface area (TPSA) is 42.9 Å². The van der Waals surface area contributed by atoms with Gasteiger partial charge in [-0.05, 0) is 6.07 Å². The van der Waals surface area contributed by atoms with Crippen molar-refractivity contribution in [2.24, 2.45) is 5.92 Å². The van der Waals surface area contributed by atoms with Crippen molar-refractivity contribution >= 4 is 5.78 Å². The molecule has 3 heteroatoms. The van der Waals surface area contributed by atoms with E-state index in [0.29, 0.717) is 5.69 Å². The molecule has 1 radical (unpaired) electrons. The van der Waals surface area contributed by atoms with Gasteiger partial charge in [0.1, 0.15) is 5.69 Å². The molecule has 0 N–H and O–H groups in total. The molecule has 0 aliphatic heterocycles. The van der Waals surface area contributed by atoms with Crippen LogP contribution in [0.15, 0.2) is 12.3 Å². The van der Waals surface area contributed by atoms with Crippen LogP contribution in [0.5, 0.6) is 0 Å². The lowest BCUT2D eigenvalue weighted by Crippen LogP contribution is -2.09. The molecule has 0 aromatic carbocycles. The number of carbonyl (C=O) groups is 1. The third-order valence-electron chi connectivity index (χ3n) is 1.31. The molecule has 0 aliphatic carbocycles. The van der Waals surface area contributed by atoms with Crippen LogP contribution in [-0.2, 0) is 0 Å². The third kappa shape index (κ3) is 1.83. The standard InChI is InChI=1S/C8H9N2O/c1-6(2)8(11)7-3-4-9-5-10-7/h3-4,6H,1-2H3. The van der Waals surface area contributed by atoms with Gasteiger partial charge < -0.3 is 0 Å². The van der Waals surface area contributed by atoms with Gasteiger partial charge in [0.2, 0.25) is 0 Å². The van der Waals surface area contributed by atoms with Crippen LogP contribution < -0.4 is 0 Å². The molecule has 0 bridgehead atoms. The van der Waals surface area contributed by atoms with Crippen molar-refractivity contribution < 1.29 is 4.79 Å². The van der Waals surface area contributed by atoms with Crippen LogP contribution in [0.1, 0.15) is 24.3 Å². The Morgan fingerprint density at radius 1 is 1.64 bits per heavy atom. The van der Waals surface area contributed by atoms with Crippen molar-refractivity contribution in [2.45, 2.75) is 13.8 Å². The molecule has 1 aromatic heterocycles. The van der Waals surface area contributed by atoms with E-state index >= 15 is 0 Å². The fourth-order valence-electron chi connectivity index (χ4n) is 0.694. The Morgan fingerprint density at radius 3 is 2.82 bits per heavy atom. The number of carbonyl (C=O) groups excluding carboxylic acids is 1. The second-order valence-electron chi connectivity index (χ2n) is 2.56. The number of hydrogen-bond acceptors (Lipinski definition) is 3. The van der Waals surface area contributed by atoms with Crippen LogP contribution >= 0.6 is 0 Å². The Balaban J connectivity index is 2.86. The fourth-order valence-corrected chi connectivity index (χ4v) is 0.694. The molecule has 57 valence electrons. The van der Waals surface area contributed by atoms with E-state index in [1.807, 2.05) is 13.8 Å². The van der Waals surface area contributed by atoms with Gasteiger partial charge in [0.25, 0.3) is 0 Å². The van der Waals surface area contributed by atoms with Crippen molar-refractivity contribution in [1.29, 1.82) is 0 Å². The summed E-state index contributed by atoms with van der Waals surface area (Å²) in [6.07, 6.45) is 3.89. The molecule has 1 heterocycles. The number of aromatic nitrogens is 2. The van der Waals surface area contributed by atoms with Gasteiger partial charge in [-0.3, -0.25) is 4.79 Å². The summed E-state index contributed by atoms with van der Waals surface area (Å²) in [5.41, 5.74) is 0.440. The van der Waals surface area contributed by atoms with E-state index in [1.54, 1.807) is 6.07 Å². The number of ketones is 1. The zero-order chi connectivity index (χ0) is 8.27.